The van der Waals surface area contributed by atoms with Gasteiger partial charge >= 0.3 is 12.1 Å². The first-order valence-electron chi connectivity index (χ1n) is 7.73. The third-order valence-corrected chi connectivity index (χ3v) is 4.79. The topological polar surface area (TPSA) is 90.9 Å². The zero-order valence-corrected chi connectivity index (χ0v) is 15.1. The van der Waals surface area contributed by atoms with Crippen molar-refractivity contribution in [1.29, 1.82) is 0 Å². The Kier molecular flexibility index (Phi) is 6.61. The first-order valence-corrected chi connectivity index (χ1v) is 8.14. The van der Waals surface area contributed by atoms with Gasteiger partial charge in [-0.15, -0.1) is 0 Å². The van der Waals surface area contributed by atoms with Crippen molar-refractivity contribution in [3.05, 3.63) is 0 Å². The van der Waals surface area contributed by atoms with E-state index < -0.39 is 11.6 Å². The number of hydrogen-bond acceptors (Lipinski definition) is 4. The van der Waals surface area contributed by atoms with Crippen LogP contribution in [0.15, 0.2) is 0 Å². The molecule has 0 aliphatic carbocycles. The van der Waals surface area contributed by atoms with Crippen molar-refractivity contribution in [3.63, 3.8) is 0 Å². The van der Waals surface area contributed by atoms with Gasteiger partial charge in [-0.1, -0.05) is 20.8 Å². The second-order valence-electron chi connectivity index (χ2n) is 6.75. The first-order chi connectivity index (χ1) is 10.6. The largest absolute Gasteiger partial charge is 0.469 e. The van der Waals surface area contributed by atoms with Crippen LogP contribution in [0.2, 0.25) is 0 Å². The van der Waals surface area contributed by atoms with E-state index in [1.54, 1.807) is 0 Å². The molecule has 0 bridgehead atoms. The van der Waals surface area contributed by atoms with E-state index in [-0.39, 0.29) is 17.8 Å². The summed E-state index contributed by atoms with van der Waals surface area (Å²) in [5.41, 5.74) is -0.733. The molecular weight excluding hydrogens is 318 g/mol. The number of hydrogen-bond donors (Lipinski definition) is 3. The van der Waals surface area contributed by atoms with E-state index in [9.17, 15) is 14.7 Å². The number of carbonyl (C=O) groups is 2. The standard InChI is InChI=1S/C15H27N3O4S/c1-14(2,3)15(7-5-9-18(15)13(20)21)10-17-12(23)16-8-6-11(19)22-4/h5-10H2,1-4H3,(H,20,21)(H2,16,17,23)/t15-/m1/s1. The van der Waals surface area contributed by atoms with E-state index in [4.69, 9.17) is 12.2 Å². The average molecular weight is 345 g/mol. The highest BCUT2D eigenvalue weighted by Crippen LogP contribution is 2.43. The van der Waals surface area contributed by atoms with Gasteiger partial charge in [-0.3, -0.25) is 4.79 Å². The van der Waals surface area contributed by atoms with Crippen molar-refractivity contribution < 1.29 is 19.4 Å². The third-order valence-electron chi connectivity index (χ3n) is 4.50. The number of nitrogens with zero attached hydrogens (tertiary/aromatic N) is 1. The molecule has 7 nitrogen and oxygen atoms in total. The van der Waals surface area contributed by atoms with Crippen molar-refractivity contribution in [2.24, 2.45) is 5.41 Å². The van der Waals surface area contributed by atoms with Crippen LogP contribution in [0, 0.1) is 5.41 Å². The molecule has 0 spiro atoms. The van der Waals surface area contributed by atoms with Crippen LogP contribution in [0.4, 0.5) is 4.79 Å². The summed E-state index contributed by atoms with van der Waals surface area (Å²) in [5, 5.41) is 16.0. The Balaban J connectivity index is 2.65. The lowest BCUT2D eigenvalue weighted by Crippen LogP contribution is -2.61. The molecule has 0 aromatic rings. The monoisotopic (exact) mass is 345 g/mol. The maximum Gasteiger partial charge on any atom is 0.407 e. The maximum atomic E-state index is 11.6. The summed E-state index contributed by atoms with van der Waals surface area (Å²) >= 11 is 5.21. The number of methoxy groups -OCH3 is 1. The summed E-state index contributed by atoms with van der Waals surface area (Å²) < 4.78 is 4.56. The van der Waals surface area contributed by atoms with Gasteiger partial charge in [-0.25, -0.2) is 4.79 Å². The highest BCUT2D eigenvalue weighted by molar-refractivity contribution is 7.80. The molecule has 1 rings (SSSR count). The summed E-state index contributed by atoms with van der Waals surface area (Å²) in [6.07, 6.45) is 0.960. The van der Waals surface area contributed by atoms with Gasteiger partial charge in [0.2, 0.25) is 0 Å². The van der Waals surface area contributed by atoms with Crippen LogP contribution < -0.4 is 10.6 Å². The normalized spacial score (nSPS) is 21.0. The fourth-order valence-corrected chi connectivity index (χ4v) is 3.23. The lowest BCUT2D eigenvalue weighted by Gasteiger charge is -2.47. The van der Waals surface area contributed by atoms with Crippen molar-refractivity contribution in [2.75, 3.05) is 26.7 Å². The van der Waals surface area contributed by atoms with Crippen LogP contribution in [0.1, 0.15) is 40.0 Å². The van der Waals surface area contributed by atoms with E-state index in [0.717, 1.165) is 12.8 Å². The molecule has 0 unspecified atom stereocenters. The smallest absolute Gasteiger partial charge is 0.407 e. The maximum absolute atomic E-state index is 11.6. The molecule has 3 N–H and O–H groups in total. The van der Waals surface area contributed by atoms with Gasteiger partial charge in [0.05, 0.1) is 19.1 Å². The Morgan fingerprint density at radius 2 is 2.00 bits per heavy atom. The third kappa shape index (κ3) is 4.70. The molecule has 23 heavy (non-hydrogen) atoms. The van der Waals surface area contributed by atoms with E-state index in [2.05, 4.69) is 15.4 Å². The predicted octanol–water partition coefficient (Wildman–Crippen LogP) is 1.57. The second-order valence-corrected chi connectivity index (χ2v) is 7.16. The first kappa shape index (κ1) is 19.5. The van der Waals surface area contributed by atoms with E-state index >= 15 is 0 Å². The molecule has 1 heterocycles. The summed E-state index contributed by atoms with van der Waals surface area (Å²) in [5.74, 6) is -0.306. The number of carbonyl (C=O) groups excluding carboxylic acids is 1. The Morgan fingerprint density at radius 3 is 2.52 bits per heavy atom. The molecular formula is C15H27N3O4S. The van der Waals surface area contributed by atoms with Gasteiger partial charge in [-0.05, 0) is 30.5 Å². The SMILES string of the molecule is COC(=O)CCNC(=S)NC[C@@]1(C(C)(C)C)CCCN1C(=O)O. The average Bonchev–Trinajstić information content (AvgIpc) is 2.90. The highest BCUT2D eigenvalue weighted by atomic mass is 32.1. The molecule has 1 amide bonds. The van der Waals surface area contributed by atoms with Crippen molar-refractivity contribution in [1.82, 2.24) is 15.5 Å². The van der Waals surface area contributed by atoms with Gasteiger partial charge in [0.15, 0.2) is 5.11 Å². The number of rotatable bonds is 5. The summed E-state index contributed by atoms with van der Waals surface area (Å²) in [7, 11) is 1.34. The number of ether oxygens (including phenoxy) is 1. The Morgan fingerprint density at radius 1 is 1.35 bits per heavy atom. The molecule has 1 atom stereocenters. The second kappa shape index (κ2) is 7.81. The van der Waals surface area contributed by atoms with E-state index in [1.165, 1.54) is 12.0 Å². The molecule has 1 aliphatic rings. The Hall–Kier alpha value is -1.57. The van der Waals surface area contributed by atoms with Crippen LogP contribution in [0.3, 0.4) is 0 Å². The Bertz CT molecular complexity index is 464. The van der Waals surface area contributed by atoms with Gasteiger partial charge in [-0.2, -0.15) is 0 Å². The molecule has 132 valence electrons. The van der Waals surface area contributed by atoms with Crippen LogP contribution in [-0.2, 0) is 9.53 Å². The number of carboxylic acid groups (broad SMARTS) is 1. The van der Waals surface area contributed by atoms with Crippen molar-refractivity contribution in [2.45, 2.75) is 45.6 Å². The molecule has 0 aromatic carbocycles. The molecule has 0 radical (unpaired) electrons. The van der Waals surface area contributed by atoms with Crippen molar-refractivity contribution >= 4 is 29.4 Å². The van der Waals surface area contributed by atoms with Gasteiger partial charge in [0.1, 0.15) is 0 Å². The van der Waals surface area contributed by atoms with Crippen molar-refractivity contribution in [3.8, 4) is 0 Å². The lowest BCUT2D eigenvalue weighted by molar-refractivity contribution is -0.140. The minimum Gasteiger partial charge on any atom is -0.469 e. The number of likely N-dealkylation sites (tertiary alicyclic amines) is 1. The van der Waals surface area contributed by atoms with Crippen LogP contribution in [0.5, 0.6) is 0 Å². The summed E-state index contributed by atoms with van der Waals surface area (Å²) in [4.78, 5) is 24.2. The zero-order valence-electron chi connectivity index (χ0n) is 14.3. The fourth-order valence-electron chi connectivity index (χ4n) is 3.06. The number of esters is 1. The summed E-state index contributed by atoms with van der Waals surface area (Å²) in [6, 6.07) is 0. The highest BCUT2D eigenvalue weighted by Gasteiger charge is 2.51. The molecule has 8 heteroatoms. The van der Waals surface area contributed by atoms with E-state index in [1.807, 2.05) is 20.8 Å². The minimum absolute atomic E-state index is 0.226. The van der Waals surface area contributed by atoms with Gasteiger partial charge in [0.25, 0.3) is 0 Å². The number of amides is 1. The number of nitrogens with one attached hydrogen (secondary N) is 2. The summed E-state index contributed by atoms with van der Waals surface area (Å²) in [6.45, 7) is 7.49. The van der Waals surface area contributed by atoms with Gasteiger partial charge < -0.3 is 25.4 Å². The molecule has 1 saturated heterocycles. The lowest BCUT2D eigenvalue weighted by atomic mass is 9.71. The quantitative estimate of drug-likeness (QED) is 0.515. The van der Waals surface area contributed by atoms with Crippen LogP contribution in [0.25, 0.3) is 0 Å². The van der Waals surface area contributed by atoms with Gasteiger partial charge in [0, 0.05) is 19.6 Å². The van der Waals surface area contributed by atoms with Crippen LogP contribution >= 0.6 is 12.2 Å². The predicted molar refractivity (Wildman–Crippen MR) is 91.4 cm³/mol. The zero-order chi connectivity index (χ0) is 17.7. The molecule has 1 aliphatic heterocycles. The number of thiocarbonyl (C=S) groups is 1. The molecule has 0 saturated carbocycles. The fraction of sp³-hybridized carbons (Fsp3) is 0.800. The molecule has 0 aromatic heterocycles. The van der Waals surface area contributed by atoms with E-state index in [0.29, 0.717) is 24.7 Å². The van der Waals surface area contributed by atoms with Crippen LogP contribution in [-0.4, -0.2) is 59.5 Å². The Labute approximate surface area is 142 Å². The molecule has 1 fully saturated rings. The minimum atomic E-state index is -0.899.